The minimum absolute atomic E-state index is 0.0394. The number of halogens is 1. The van der Waals surface area contributed by atoms with Gasteiger partial charge in [0.15, 0.2) is 0 Å². The Morgan fingerprint density at radius 1 is 1.40 bits per heavy atom. The Kier molecular flexibility index (Phi) is 4.18. The van der Waals surface area contributed by atoms with Crippen LogP contribution in [0, 0.1) is 5.41 Å². The van der Waals surface area contributed by atoms with Gasteiger partial charge >= 0.3 is 0 Å². The van der Waals surface area contributed by atoms with Crippen LogP contribution in [0.2, 0.25) is 0 Å². The highest BCUT2D eigenvalue weighted by atomic mass is 19.1. The third-order valence-electron chi connectivity index (χ3n) is 3.34. The van der Waals surface area contributed by atoms with Gasteiger partial charge < -0.3 is 5.11 Å². The summed E-state index contributed by atoms with van der Waals surface area (Å²) in [5.74, 6) is -0.0394. The number of allylic oxidation sites excluding steroid dienone is 6. The zero-order chi connectivity index (χ0) is 14.8. The van der Waals surface area contributed by atoms with Crippen LogP contribution in [0.4, 0.5) is 4.39 Å². The lowest BCUT2D eigenvalue weighted by atomic mass is 9.89. The maximum absolute atomic E-state index is 12.4. The highest BCUT2D eigenvalue weighted by Gasteiger charge is 2.22. The number of fused-ring (bicyclic) bond motifs is 2. The van der Waals surface area contributed by atoms with Gasteiger partial charge in [-0.05, 0) is 22.6 Å². The molecule has 0 spiro atoms. The van der Waals surface area contributed by atoms with Crippen molar-refractivity contribution in [3.05, 3.63) is 47.9 Å². The van der Waals surface area contributed by atoms with E-state index in [9.17, 15) is 9.50 Å². The third-order valence-corrected chi connectivity index (χ3v) is 3.34. The topological polar surface area (TPSA) is 50.9 Å². The molecular weight excluding hydrogens is 257 g/mol. The number of aliphatic hydroxyl groups excluding tert-OH is 1. The molecule has 20 heavy (non-hydrogen) atoms. The summed E-state index contributed by atoms with van der Waals surface area (Å²) in [6.07, 6.45) is 8.90. The maximum atomic E-state index is 12.4. The summed E-state index contributed by atoms with van der Waals surface area (Å²) in [5.41, 5.74) is 1.85. The number of hydrogen-bond acceptors (Lipinski definition) is 3. The Morgan fingerprint density at radius 3 is 2.50 bits per heavy atom. The van der Waals surface area contributed by atoms with Gasteiger partial charge in [-0.3, -0.25) is 4.68 Å². The molecule has 2 aliphatic carbocycles. The maximum Gasteiger partial charge on any atom is 0.137 e. The molecule has 4 nitrogen and oxygen atoms in total. The lowest BCUT2D eigenvalue weighted by Gasteiger charge is -2.25. The van der Waals surface area contributed by atoms with Crippen LogP contribution in [0.25, 0.3) is 0 Å². The average molecular weight is 277 g/mol. The van der Waals surface area contributed by atoms with E-state index in [-0.39, 0.29) is 17.3 Å². The van der Waals surface area contributed by atoms with Gasteiger partial charge in [0.25, 0.3) is 0 Å². The molecule has 1 atom stereocenters. The first kappa shape index (κ1) is 14.7. The van der Waals surface area contributed by atoms with Crippen LogP contribution in [-0.2, 0) is 6.54 Å². The second kappa shape index (κ2) is 5.71. The van der Waals surface area contributed by atoms with E-state index in [4.69, 9.17) is 0 Å². The number of nitrogens with zero attached hydrogens (tertiary/aromatic N) is 3. The molecule has 2 aliphatic rings. The normalized spacial score (nSPS) is 17.9. The molecule has 0 fully saturated rings. The number of rotatable bonds is 2. The molecule has 2 bridgehead atoms. The lowest BCUT2D eigenvalue weighted by molar-refractivity contribution is 0.0450. The van der Waals surface area contributed by atoms with Gasteiger partial charge in [0.1, 0.15) is 18.5 Å². The fourth-order valence-electron chi connectivity index (χ4n) is 1.84. The van der Waals surface area contributed by atoms with Crippen molar-refractivity contribution in [3.63, 3.8) is 0 Å². The molecule has 5 heteroatoms. The predicted octanol–water partition coefficient (Wildman–Crippen LogP) is 2.80. The van der Waals surface area contributed by atoms with Crippen LogP contribution in [0.1, 0.15) is 27.2 Å². The molecular formula is C15H20FN3O. The molecule has 0 saturated carbocycles. The van der Waals surface area contributed by atoms with Gasteiger partial charge in [-0.1, -0.05) is 32.9 Å². The second-order valence-corrected chi connectivity index (χ2v) is 6.10. The van der Waals surface area contributed by atoms with Crippen molar-refractivity contribution in [2.45, 2.75) is 39.8 Å². The Labute approximate surface area is 118 Å². The first-order valence-corrected chi connectivity index (χ1v) is 6.64. The fraction of sp³-hybridized carbons (Fsp3) is 0.467. The van der Waals surface area contributed by atoms with Crippen molar-refractivity contribution in [3.8, 4) is 0 Å². The van der Waals surface area contributed by atoms with Crippen LogP contribution >= 0.6 is 0 Å². The molecule has 0 saturated heterocycles. The van der Waals surface area contributed by atoms with Crippen molar-refractivity contribution in [1.82, 2.24) is 14.8 Å². The quantitative estimate of drug-likeness (QED) is 0.904. The Hall–Kier alpha value is -1.75. The van der Waals surface area contributed by atoms with Gasteiger partial charge in [0.05, 0.1) is 12.6 Å². The van der Waals surface area contributed by atoms with Crippen LogP contribution in [0.3, 0.4) is 0 Å². The van der Waals surface area contributed by atoms with Crippen molar-refractivity contribution in [2.24, 2.45) is 5.41 Å². The van der Waals surface area contributed by atoms with Gasteiger partial charge in [0.2, 0.25) is 0 Å². The Bertz CT molecular complexity index is 550. The molecule has 108 valence electrons. The van der Waals surface area contributed by atoms with E-state index in [1.165, 1.54) is 6.33 Å². The smallest absolute Gasteiger partial charge is 0.137 e. The summed E-state index contributed by atoms with van der Waals surface area (Å²) in [5, 5.41) is 13.6. The highest BCUT2D eigenvalue weighted by molar-refractivity contribution is 5.52. The number of hydrogen-bond donors (Lipinski definition) is 1. The van der Waals surface area contributed by atoms with E-state index in [1.54, 1.807) is 17.1 Å². The molecule has 1 unspecified atom stereocenters. The van der Waals surface area contributed by atoms with E-state index >= 15 is 0 Å². The summed E-state index contributed by atoms with van der Waals surface area (Å²) in [4.78, 5) is 3.80. The second-order valence-electron chi connectivity index (χ2n) is 6.10. The molecule has 0 aliphatic heterocycles. The summed E-state index contributed by atoms with van der Waals surface area (Å²) in [6, 6.07) is 0. The zero-order valence-corrected chi connectivity index (χ0v) is 12.0. The van der Waals surface area contributed by atoms with Crippen LogP contribution < -0.4 is 0 Å². The molecule has 1 aromatic heterocycles. The summed E-state index contributed by atoms with van der Waals surface area (Å²) in [6.45, 7) is 6.49. The molecule has 3 rings (SSSR count). The van der Waals surface area contributed by atoms with Gasteiger partial charge in [-0.2, -0.15) is 5.10 Å². The molecule has 0 aromatic carbocycles. The van der Waals surface area contributed by atoms with Crippen molar-refractivity contribution < 1.29 is 9.50 Å². The Morgan fingerprint density at radius 2 is 2.15 bits per heavy atom. The van der Waals surface area contributed by atoms with E-state index < -0.39 is 0 Å². The first-order valence-electron chi connectivity index (χ1n) is 6.64. The molecule has 0 radical (unpaired) electrons. The summed E-state index contributed by atoms with van der Waals surface area (Å²) < 4.78 is 14.0. The van der Waals surface area contributed by atoms with Gasteiger partial charge in [-0.25, -0.2) is 9.37 Å². The molecule has 1 heterocycles. The fourth-order valence-corrected chi connectivity index (χ4v) is 1.84. The minimum atomic E-state index is -0.390. The first-order chi connectivity index (χ1) is 9.36. The van der Waals surface area contributed by atoms with Crippen LogP contribution in [0.5, 0.6) is 0 Å². The predicted molar refractivity (Wildman–Crippen MR) is 75.5 cm³/mol. The Balaban J connectivity index is 0.000000157. The molecule has 1 N–H and O–H groups in total. The molecule has 0 amide bonds. The number of aromatic nitrogens is 3. The van der Waals surface area contributed by atoms with E-state index in [1.807, 2.05) is 32.9 Å². The monoisotopic (exact) mass is 277 g/mol. The van der Waals surface area contributed by atoms with Gasteiger partial charge in [0, 0.05) is 6.42 Å². The largest absolute Gasteiger partial charge is 0.391 e. The van der Waals surface area contributed by atoms with E-state index in [0.29, 0.717) is 6.54 Å². The minimum Gasteiger partial charge on any atom is -0.391 e. The third kappa shape index (κ3) is 3.63. The van der Waals surface area contributed by atoms with Crippen molar-refractivity contribution in [1.29, 1.82) is 0 Å². The van der Waals surface area contributed by atoms with Crippen LogP contribution in [0.15, 0.2) is 47.9 Å². The van der Waals surface area contributed by atoms with Crippen LogP contribution in [-0.4, -0.2) is 26.0 Å². The lowest BCUT2D eigenvalue weighted by Crippen LogP contribution is -2.30. The van der Waals surface area contributed by atoms with E-state index in [0.717, 1.165) is 17.6 Å². The summed E-state index contributed by atoms with van der Waals surface area (Å²) in [7, 11) is 0. The van der Waals surface area contributed by atoms with Crippen molar-refractivity contribution >= 4 is 0 Å². The number of aliphatic hydroxyl groups is 1. The standard InChI is InChI=1S/C8H15N3O.C7H5F/c1-8(2,3)7(12)4-11-6-9-5-10-11;8-7-4-5-1-2-6(7)3-5/h5-7,12H,4H2,1-3H3;1-2,4H,3H2. The van der Waals surface area contributed by atoms with Gasteiger partial charge in [-0.15, -0.1) is 0 Å². The van der Waals surface area contributed by atoms with E-state index in [2.05, 4.69) is 10.1 Å². The zero-order valence-electron chi connectivity index (χ0n) is 12.0. The average Bonchev–Trinajstić information content (AvgIpc) is 3.04. The van der Waals surface area contributed by atoms with Crippen molar-refractivity contribution in [2.75, 3.05) is 0 Å². The SMILES string of the molecule is CC(C)(C)C(O)Cn1cncn1.FC1=C2C=CC(=C1)C2. The summed E-state index contributed by atoms with van der Waals surface area (Å²) >= 11 is 0. The molecule has 1 aromatic rings. The highest BCUT2D eigenvalue weighted by Crippen LogP contribution is 2.33.